The van der Waals surface area contributed by atoms with Crippen LogP contribution in [0.3, 0.4) is 0 Å². The van der Waals surface area contributed by atoms with Crippen molar-refractivity contribution in [1.82, 2.24) is 9.97 Å². The predicted octanol–water partition coefficient (Wildman–Crippen LogP) is 0.516. The van der Waals surface area contributed by atoms with E-state index in [1.54, 1.807) is 13.2 Å². The Morgan fingerprint density at radius 2 is 2.24 bits per heavy atom. The summed E-state index contributed by atoms with van der Waals surface area (Å²) in [5.41, 5.74) is 2.23. The van der Waals surface area contributed by atoms with Crippen LogP contribution < -0.4 is 16.6 Å². The summed E-state index contributed by atoms with van der Waals surface area (Å²) in [5.74, 6) is 7.22. The van der Waals surface area contributed by atoms with E-state index >= 15 is 0 Å². The summed E-state index contributed by atoms with van der Waals surface area (Å²) in [5, 5.41) is 3.26. The van der Waals surface area contributed by atoms with Gasteiger partial charge in [0, 0.05) is 39.4 Å². The van der Waals surface area contributed by atoms with Gasteiger partial charge in [-0.25, -0.2) is 15.8 Å². The predicted molar refractivity (Wildman–Crippen MR) is 78.8 cm³/mol. The summed E-state index contributed by atoms with van der Waals surface area (Å²) in [6, 6.07) is 1.74. The first-order chi connectivity index (χ1) is 10.2. The van der Waals surface area contributed by atoms with Crippen molar-refractivity contribution in [2.24, 2.45) is 5.84 Å². The number of hydrogen-bond donors (Lipinski definition) is 3. The summed E-state index contributed by atoms with van der Waals surface area (Å²) in [7, 11) is 1.70. The smallest absolute Gasteiger partial charge is 0.158 e. The van der Waals surface area contributed by atoms with Crippen LogP contribution in [-0.4, -0.2) is 49.0 Å². The zero-order chi connectivity index (χ0) is 15.1. The molecule has 118 valence electrons. The van der Waals surface area contributed by atoms with Gasteiger partial charge in [-0.2, -0.15) is 0 Å². The largest absolute Gasteiger partial charge is 0.378 e. The minimum atomic E-state index is -0.304. The molecule has 4 N–H and O–H groups in total. The highest BCUT2D eigenvalue weighted by Crippen LogP contribution is 2.23. The third kappa shape index (κ3) is 4.24. The Morgan fingerprint density at radius 1 is 1.43 bits per heavy atom. The topological polar surface area (TPSA) is 104 Å². The van der Waals surface area contributed by atoms with Gasteiger partial charge < -0.3 is 25.0 Å². The number of nitrogen functional groups attached to an aromatic ring is 1. The highest BCUT2D eigenvalue weighted by molar-refractivity contribution is 5.47. The average Bonchev–Trinajstić information content (AvgIpc) is 3.00. The normalized spacial score (nSPS) is 21.5. The SMILES string of the molecule is CCOCc1nc(NN)cc(NCC2(OC)CCOC2)n1. The van der Waals surface area contributed by atoms with Crippen molar-refractivity contribution in [2.45, 2.75) is 25.6 Å². The first-order valence-corrected chi connectivity index (χ1v) is 7.00. The number of hydrogen-bond acceptors (Lipinski definition) is 8. The molecule has 1 unspecified atom stereocenters. The molecule has 8 heteroatoms. The maximum atomic E-state index is 5.58. The first kappa shape index (κ1) is 15.9. The van der Waals surface area contributed by atoms with Gasteiger partial charge in [0.05, 0.1) is 6.61 Å². The van der Waals surface area contributed by atoms with Gasteiger partial charge in [-0.3, -0.25) is 0 Å². The van der Waals surface area contributed by atoms with Crippen molar-refractivity contribution in [2.75, 3.05) is 44.2 Å². The minimum absolute atomic E-state index is 0.304. The van der Waals surface area contributed by atoms with Crippen LogP contribution in [0, 0.1) is 0 Å². The Morgan fingerprint density at radius 3 is 2.86 bits per heavy atom. The number of anilines is 2. The van der Waals surface area contributed by atoms with E-state index in [1.165, 1.54) is 0 Å². The number of aromatic nitrogens is 2. The maximum Gasteiger partial charge on any atom is 0.158 e. The third-order valence-corrected chi connectivity index (χ3v) is 3.45. The Kier molecular flexibility index (Phi) is 5.68. The van der Waals surface area contributed by atoms with Gasteiger partial charge in [-0.1, -0.05) is 0 Å². The molecule has 1 fully saturated rings. The molecule has 0 amide bonds. The summed E-state index contributed by atoms with van der Waals surface area (Å²) < 4.78 is 16.3. The van der Waals surface area contributed by atoms with Crippen molar-refractivity contribution in [3.8, 4) is 0 Å². The van der Waals surface area contributed by atoms with Crippen LogP contribution in [0.1, 0.15) is 19.2 Å². The lowest BCUT2D eigenvalue weighted by atomic mass is 10.0. The Balaban J connectivity index is 2.04. The second-order valence-electron chi connectivity index (χ2n) is 4.88. The number of nitrogens with one attached hydrogen (secondary N) is 2. The average molecular weight is 297 g/mol. The van der Waals surface area contributed by atoms with Gasteiger partial charge in [0.1, 0.15) is 23.8 Å². The molecular formula is C13H23N5O3. The molecule has 2 heterocycles. The minimum Gasteiger partial charge on any atom is -0.378 e. The first-order valence-electron chi connectivity index (χ1n) is 7.00. The lowest BCUT2D eigenvalue weighted by Crippen LogP contribution is -2.39. The Bertz CT molecular complexity index is 451. The van der Waals surface area contributed by atoms with Crippen molar-refractivity contribution in [1.29, 1.82) is 0 Å². The van der Waals surface area contributed by atoms with E-state index < -0.39 is 0 Å². The number of methoxy groups -OCH3 is 1. The molecule has 2 rings (SSSR count). The molecule has 0 saturated carbocycles. The monoisotopic (exact) mass is 297 g/mol. The second-order valence-corrected chi connectivity index (χ2v) is 4.88. The van der Waals surface area contributed by atoms with Crippen LogP contribution >= 0.6 is 0 Å². The summed E-state index contributed by atoms with van der Waals surface area (Å²) >= 11 is 0. The van der Waals surface area contributed by atoms with Gasteiger partial charge in [0.2, 0.25) is 0 Å². The van der Waals surface area contributed by atoms with E-state index in [0.717, 1.165) is 6.42 Å². The molecule has 0 aliphatic carbocycles. The highest BCUT2D eigenvalue weighted by atomic mass is 16.5. The van der Waals surface area contributed by atoms with Crippen molar-refractivity contribution in [3.05, 3.63) is 11.9 Å². The van der Waals surface area contributed by atoms with E-state index in [9.17, 15) is 0 Å². The maximum absolute atomic E-state index is 5.58. The lowest BCUT2D eigenvalue weighted by molar-refractivity contribution is -0.00626. The van der Waals surface area contributed by atoms with E-state index in [0.29, 0.717) is 50.4 Å². The molecule has 1 saturated heterocycles. The van der Waals surface area contributed by atoms with Gasteiger partial charge in [0.25, 0.3) is 0 Å². The van der Waals surface area contributed by atoms with Crippen LogP contribution in [0.15, 0.2) is 6.07 Å². The van der Waals surface area contributed by atoms with E-state index in [1.807, 2.05) is 6.92 Å². The summed E-state index contributed by atoms with van der Waals surface area (Å²) in [6.45, 7) is 4.78. The van der Waals surface area contributed by atoms with Crippen LogP contribution in [0.2, 0.25) is 0 Å². The van der Waals surface area contributed by atoms with Crippen molar-refractivity contribution in [3.63, 3.8) is 0 Å². The quantitative estimate of drug-likeness (QED) is 0.471. The summed E-state index contributed by atoms with van der Waals surface area (Å²) in [6.07, 6.45) is 0.857. The van der Waals surface area contributed by atoms with E-state index in [-0.39, 0.29) is 5.60 Å². The fourth-order valence-electron chi connectivity index (χ4n) is 2.13. The molecule has 0 aromatic carbocycles. The van der Waals surface area contributed by atoms with Gasteiger partial charge in [-0.15, -0.1) is 0 Å². The van der Waals surface area contributed by atoms with Crippen LogP contribution in [-0.2, 0) is 20.8 Å². The zero-order valence-corrected chi connectivity index (χ0v) is 12.5. The molecule has 8 nitrogen and oxygen atoms in total. The highest BCUT2D eigenvalue weighted by Gasteiger charge is 2.34. The number of hydrazine groups is 1. The Hall–Kier alpha value is -1.48. The number of rotatable bonds is 8. The molecule has 0 radical (unpaired) electrons. The molecule has 21 heavy (non-hydrogen) atoms. The van der Waals surface area contributed by atoms with E-state index in [2.05, 4.69) is 20.7 Å². The standard InChI is InChI=1S/C13H23N5O3/c1-3-20-7-12-16-10(6-11(17-12)18-14)15-8-13(19-2)4-5-21-9-13/h6H,3-5,7-9,14H2,1-2H3,(H2,15,16,17,18). The zero-order valence-electron chi connectivity index (χ0n) is 12.5. The van der Waals surface area contributed by atoms with Crippen molar-refractivity contribution < 1.29 is 14.2 Å². The van der Waals surface area contributed by atoms with E-state index in [4.69, 9.17) is 20.1 Å². The molecule has 1 aliphatic heterocycles. The molecule has 1 aromatic rings. The van der Waals surface area contributed by atoms with Gasteiger partial charge in [-0.05, 0) is 6.92 Å². The number of ether oxygens (including phenoxy) is 3. The molecule has 0 bridgehead atoms. The fourth-order valence-corrected chi connectivity index (χ4v) is 2.13. The van der Waals surface area contributed by atoms with Crippen LogP contribution in [0.4, 0.5) is 11.6 Å². The fraction of sp³-hybridized carbons (Fsp3) is 0.692. The van der Waals surface area contributed by atoms with Crippen molar-refractivity contribution >= 4 is 11.6 Å². The number of nitrogens with two attached hydrogens (primary N) is 1. The molecular weight excluding hydrogens is 274 g/mol. The van der Waals surface area contributed by atoms with Crippen LogP contribution in [0.25, 0.3) is 0 Å². The summed E-state index contributed by atoms with van der Waals surface area (Å²) in [4.78, 5) is 8.64. The molecule has 1 aliphatic rings. The Labute approximate surface area is 124 Å². The van der Waals surface area contributed by atoms with Gasteiger partial charge >= 0.3 is 0 Å². The van der Waals surface area contributed by atoms with Crippen LogP contribution in [0.5, 0.6) is 0 Å². The molecule has 1 aromatic heterocycles. The number of nitrogens with zero attached hydrogens (tertiary/aromatic N) is 2. The second kappa shape index (κ2) is 7.51. The van der Waals surface area contributed by atoms with Gasteiger partial charge in [0.15, 0.2) is 5.82 Å². The molecule has 0 spiro atoms. The third-order valence-electron chi connectivity index (χ3n) is 3.45. The molecule has 1 atom stereocenters. The lowest BCUT2D eigenvalue weighted by Gasteiger charge is -2.26.